The largest absolute Gasteiger partial charge is 0.316 e. The molecule has 0 aromatic heterocycles. The maximum absolute atomic E-state index is 3.65. The number of rotatable bonds is 1. The molecule has 1 atom stereocenters. The van der Waals surface area contributed by atoms with Gasteiger partial charge in [0.15, 0.2) is 0 Å². The molecular formula is C17H31N. The van der Waals surface area contributed by atoms with E-state index in [4.69, 9.17) is 0 Å². The molecule has 0 amide bonds. The molecule has 2 saturated carbocycles. The maximum atomic E-state index is 3.65. The Hall–Kier alpha value is -0.0400. The van der Waals surface area contributed by atoms with Gasteiger partial charge in [0.1, 0.15) is 0 Å². The van der Waals surface area contributed by atoms with Crippen LogP contribution in [-0.2, 0) is 0 Å². The SMILES string of the molecule is CC(C)C1CNCCC12CCC1(CCCC1)CC2. The smallest absolute Gasteiger partial charge is 0.00127 e. The quantitative estimate of drug-likeness (QED) is 0.727. The van der Waals surface area contributed by atoms with E-state index in [0.717, 1.165) is 17.3 Å². The van der Waals surface area contributed by atoms with Gasteiger partial charge in [0.25, 0.3) is 0 Å². The van der Waals surface area contributed by atoms with Crippen LogP contribution in [0.4, 0.5) is 0 Å². The zero-order valence-electron chi connectivity index (χ0n) is 12.4. The van der Waals surface area contributed by atoms with Crippen LogP contribution in [-0.4, -0.2) is 13.1 Å². The molecule has 0 bridgehead atoms. The molecule has 3 fully saturated rings. The molecule has 1 heterocycles. The molecule has 2 spiro atoms. The van der Waals surface area contributed by atoms with Gasteiger partial charge in [-0.3, -0.25) is 0 Å². The fourth-order valence-electron chi connectivity index (χ4n) is 5.46. The Balaban J connectivity index is 1.71. The predicted octanol–water partition coefficient (Wildman–Crippen LogP) is 4.37. The Morgan fingerprint density at radius 3 is 2.17 bits per heavy atom. The Kier molecular flexibility index (Phi) is 3.47. The van der Waals surface area contributed by atoms with E-state index in [9.17, 15) is 0 Å². The number of hydrogen-bond donors (Lipinski definition) is 1. The summed E-state index contributed by atoms with van der Waals surface area (Å²) in [5.74, 6) is 1.79. The highest BCUT2D eigenvalue weighted by Gasteiger charge is 2.48. The molecular weight excluding hydrogens is 218 g/mol. The van der Waals surface area contributed by atoms with Crippen molar-refractivity contribution in [2.75, 3.05) is 13.1 Å². The van der Waals surface area contributed by atoms with Crippen LogP contribution in [0, 0.1) is 22.7 Å². The standard InChI is InChI=1S/C17H31N/c1-14(2)15-13-18-12-11-17(15)9-7-16(8-10-17)5-3-4-6-16/h14-15,18H,3-13H2,1-2H3. The number of piperidine rings is 1. The molecule has 0 aromatic rings. The van der Waals surface area contributed by atoms with Gasteiger partial charge >= 0.3 is 0 Å². The molecule has 1 unspecified atom stereocenters. The zero-order valence-corrected chi connectivity index (χ0v) is 12.4. The highest BCUT2D eigenvalue weighted by molar-refractivity contribution is 5.00. The van der Waals surface area contributed by atoms with E-state index in [1.807, 2.05) is 0 Å². The summed E-state index contributed by atoms with van der Waals surface area (Å²) in [5.41, 5.74) is 1.52. The van der Waals surface area contributed by atoms with E-state index in [0.29, 0.717) is 5.41 Å². The summed E-state index contributed by atoms with van der Waals surface area (Å²) < 4.78 is 0. The summed E-state index contributed by atoms with van der Waals surface area (Å²) in [4.78, 5) is 0. The Morgan fingerprint density at radius 1 is 0.889 bits per heavy atom. The van der Waals surface area contributed by atoms with E-state index < -0.39 is 0 Å². The van der Waals surface area contributed by atoms with Gasteiger partial charge in [-0.25, -0.2) is 0 Å². The predicted molar refractivity (Wildman–Crippen MR) is 77.6 cm³/mol. The topological polar surface area (TPSA) is 12.0 Å². The minimum atomic E-state index is 0.716. The second kappa shape index (κ2) is 4.81. The normalized spacial score (nSPS) is 34.5. The van der Waals surface area contributed by atoms with Gasteiger partial charge in [-0.05, 0) is 80.7 Å². The van der Waals surface area contributed by atoms with Crippen LogP contribution in [0.25, 0.3) is 0 Å². The van der Waals surface area contributed by atoms with Gasteiger partial charge in [0.2, 0.25) is 0 Å². The van der Waals surface area contributed by atoms with Gasteiger partial charge < -0.3 is 5.32 Å². The van der Waals surface area contributed by atoms with Crippen LogP contribution in [0.3, 0.4) is 0 Å². The van der Waals surface area contributed by atoms with Crippen molar-refractivity contribution in [2.24, 2.45) is 22.7 Å². The van der Waals surface area contributed by atoms with Crippen molar-refractivity contribution in [1.29, 1.82) is 0 Å². The monoisotopic (exact) mass is 249 g/mol. The molecule has 3 rings (SSSR count). The highest BCUT2D eigenvalue weighted by atomic mass is 14.9. The summed E-state index contributed by atoms with van der Waals surface area (Å²) in [6.07, 6.45) is 13.8. The lowest BCUT2D eigenvalue weighted by molar-refractivity contribution is -0.0116. The van der Waals surface area contributed by atoms with Crippen LogP contribution >= 0.6 is 0 Å². The van der Waals surface area contributed by atoms with Crippen molar-refractivity contribution in [2.45, 2.75) is 71.6 Å². The van der Waals surface area contributed by atoms with E-state index in [1.54, 1.807) is 25.7 Å². The second-order valence-electron chi connectivity index (χ2n) is 7.87. The molecule has 18 heavy (non-hydrogen) atoms. The summed E-state index contributed by atoms with van der Waals surface area (Å²) in [6.45, 7) is 7.44. The van der Waals surface area contributed by atoms with E-state index in [1.165, 1.54) is 45.2 Å². The van der Waals surface area contributed by atoms with Gasteiger partial charge in [-0.15, -0.1) is 0 Å². The molecule has 1 nitrogen and oxygen atoms in total. The minimum Gasteiger partial charge on any atom is -0.316 e. The third-order valence-corrected chi connectivity index (χ3v) is 6.73. The van der Waals surface area contributed by atoms with E-state index in [2.05, 4.69) is 19.2 Å². The fourth-order valence-corrected chi connectivity index (χ4v) is 5.46. The van der Waals surface area contributed by atoms with Crippen molar-refractivity contribution in [1.82, 2.24) is 5.32 Å². The third kappa shape index (κ3) is 2.13. The molecule has 0 aromatic carbocycles. The lowest BCUT2D eigenvalue weighted by Crippen LogP contribution is -2.50. The van der Waals surface area contributed by atoms with Gasteiger partial charge in [0.05, 0.1) is 0 Å². The molecule has 1 heteroatoms. The molecule has 1 saturated heterocycles. The second-order valence-corrected chi connectivity index (χ2v) is 7.87. The third-order valence-electron chi connectivity index (χ3n) is 6.73. The average Bonchev–Trinajstić information content (AvgIpc) is 2.83. The molecule has 104 valence electrons. The number of hydrogen-bond acceptors (Lipinski definition) is 1. The first-order chi connectivity index (χ1) is 8.66. The van der Waals surface area contributed by atoms with E-state index >= 15 is 0 Å². The molecule has 1 aliphatic heterocycles. The summed E-state index contributed by atoms with van der Waals surface area (Å²) in [5, 5.41) is 3.65. The summed E-state index contributed by atoms with van der Waals surface area (Å²) >= 11 is 0. The van der Waals surface area contributed by atoms with Crippen LogP contribution in [0.15, 0.2) is 0 Å². The van der Waals surface area contributed by atoms with Crippen LogP contribution in [0.2, 0.25) is 0 Å². The van der Waals surface area contributed by atoms with Crippen LogP contribution in [0.1, 0.15) is 71.6 Å². The number of nitrogens with one attached hydrogen (secondary N) is 1. The molecule has 1 N–H and O–H groups in total. The summed E-state index contributed by atoms with van der Waals surface area (Å²) in [6, 6.07) is 0. The lowest BCUT2D eigenvalue weighted by atomic mass is 9.54. The maximum Gasteiger partial charge on any atom is -0.00127 e. The minimum absolute atomic E-state index is 0.716. The Morgan fingerprint density at radius 2 is 1.56 bits per heavy atom. The van der Waals surface area contributed by atoms with Crippen molar-refractivity contribution in [3.05, 3.63) is 0 Å². The van der Waals surface area contributed by atoms with Crippen molar-refractivity contribution < 1.29 is 0 Å². The van der Waals surface area contributed by atoms with Crippen molar-refractivity contribution >= 4 is 0 Å². The molecule has 0 radical (unpaired) electrons. The molecule has 2 aliphatic carbocycles. The van der Waals surface area contributed by atoms with Gasteiger partial charge in [0, 0.05) is 0 Å². The first-order valence-electron chi connectivity index (χ1n) is 8.37. The first kappa shape index (κ1) is 13.0. The van der Waals surface area contributed by atoms with Crippen LogP contribution < -0.4 is 5.32 Å². The van der Waals surface area contributed by atoms with Crippen molar-refractivity contribution in [3.8, 4) is 0 Å². The van der Waals surface area contributed by atoms with Crippen molar-refractivity contribution in [3.63, 3.8) is 0 Å². The first-order valence-corrected chi connectivity index (χ1v) is 8.37. The fraction of sp³-hybridized carbons (Fsp3) is 1.00. The van der Waals surface area contributed by atoms with Gasteiger partial charge in [-0.2, -0.15) is 0 Å². The summed E-state index contributed by atoms with van der Waals surface area (Å²) in [7, 11) is 0. The van der Waals surface area contributed by atoms with Crippen LogP contribution in [0.5, 0.6) is 0 Å². The molecule has 3 aliphatic rings. The highest BCUT2D eigenvalue weighted by Crippen LogP contribution is 2.58. The lowest BCUT2D eigenvalue weighted by Gasteiger charge is -2.53. The van der Waals surface area contributed by atoms with E-state index in [-0.39, 0.29) is 0 Å². The Bertz CT molecular complexity index is 278. The average molecular weight is 249 g/mol. The van der Waals surface area contributed by atoms with Gasteiger partial charge in [-0.1, -0.05) is 26.7 Å². The Labute approximate surface area is 113 Å². The zero-order chi connectivity index (χ0) is 12.6.